The van der Waals surface area contributed by atoms with Crippen molar-refractivity contribution in [2.24, 2.45) is 11.8 Å². The van der Waals surface area contributed by atoms with Crippen LogP contribution in [0.15, 0.2) is 48.5 Å². The lowest BCUT2D eigenvalue weighted by Gasteiger charge is -2.32. The number of phenols is 1. The lowest BCUT2D eigenvalue weighted by Crippen LogP contribution is -2.56. The minimum absolute atomic E-state index is 0.0877. The molecule has 2 aliphatic heterocycles. The molecule has 34 heavy (non-hydrogen) atoms. The maximum atomic E-state index is 13.8. The minimum atomic E-state index is -1.35. The number of fused-ring (bicyclic) bond motifs is 1. The molecule has 2 fully saturated rings. The van der Waals surface area contributed by atoms with Gasteiger partial charge in [0.25, 0.3) is 0 Å². The van der Waals surface area contributed by atoms with Gasteiger partial charge in [0.2, 0.25) is 11.8 Å². The van der Waals surface area contributed by atoms with Crippen LogP contribution in [-0.2, 0) is 19.1 Å². The second-order valence-corrected chi connectivity index (χ2v) is 9.35. The highest BCUT2D eigenvalue weighted by Gasteiger charge is 2.68. The van der Waals surface area contributed by atoms with E-state index in [4.69, 9.17) is 9.47 Å². The number of imide groups is 1. The van der Waals surface area contributed by atoms with Gasteiger partial charge in [0.15, 0.2) is 0 Å². The molecule has 9 heteroatoms. The van der Waals surface area contributed by atoms with Crippen LogP contribution < -0.4 is 15.0 Å². The summed E-state index contributed by atoms with van der Waals surface area (Å²) in [5.74, 6) is -1.78. The number of carbonyl (C=O) groups excluding carboxylic acids is 3. The molecule has 2 aliphatic rings. The molecule has 2 aromatic carbocycles. The molecular weight excluding hydrogens is 456 g/mol. The van der Waals surface area contributed by atoms with Gasteiger partial charge in [-0.05, 0) is 67.3 Å². The third-order valence-electron chi connectivity index (χ3n) is 6.56. The van der Waals surface area contributed by atoms with Crippen LogP contribution in [-0.4, -0.2) is 54.2 Å². The number of benzene rings is 2. The SMILES string of the molecule is CCOc1ccc(N2C(=O)[C@H]3[C@@H](c4ccc(O)cc4)N[C@@](CCSC)(C(=O)OC)[C@@H]3C2=O)cc1. The Morgan fingerprint density at radius 3 is 2.38 bits per heavy atom. The number of nitrogens with one attached hydrogen (secondary N) is 1. The molecule has 8 nitrogen and oxygen atoms in total. The second-order valence-electron chi connectivity index (χ2n) is 8.36. The summed E-state index contributed by atoms with van der Waals surface area (Å²) in [4.78, 5) is 41.9. The molecule has 2 amide bonds. The molecule has 0 bridgehead atoms. The molecule has 4 rings (SSSR count). The quantitative estimate of drug-likeness (QED) is 0.435. The molecular formula is C25H28N2O6S. The van der Waals surface area contributed by atoms with Gasteiger partial charge < -0.3 is 14.6 Å². The first-order valence-corrected chi connectivity index (χ1v) is 12.5. The van der Waals surface area contributed by atoms with Gasteiger partial charge in [0.05, 0.1) is 31.2 Å². The van der Waals surface area contributed by atoms with E-state index < -0.39 is 35.3 Å². The summed E-state index contributed by atoms with van der Waals surface area (Å²) >= 11 is 1.55. The molecule has 4 atom stereocenters. The van der Waals surface area contributed by atoms with Gasteiger partial charge in [-0.15, -0.1) is 0 Å². The number of carbonyl (C=O) groups is 3. The fraction of sp³-hybridized carbons (Fsp3) is 0.400. The molecule has 2 aromatic rings. The summed E-state index contributed by atoms with van der Waals surface area (Å²) in [7, 11) is 1.29. The van der Waals surface area contributed by atoms with E-state index in [1.807, 2.05) is 13.2 Å². The summed E-state index contributed by atoms with van der Waals surface area (Å²) in [5.41, 5.74) is -0.212. The first-order valence-electron chi connectivity index (χ1n) is 11.1. The minimum Gasteiger partial charge on any atom is -0.508 e. The van der Waals surface area contributed by atoms with Crippen LogP contribution in [0.5, 0.6) is 11.5 Å². The van der Waals surface area contributed by atoms with E-state index in [9.17, 15) is 19.5 Å². The Hall–Kier alpha value is -3.04. The van der Waals surface area contributed by atoms with Crippen LogP contribution in [0, 0.1) is 11.8 Å². The first-order chi connectivity index (χ1) is 16.4. The molecule has 0 unspecified atom stereocenters. The Morgan fingerprint density at radius 2 is 1.79 bits per heavy atom. The number of hydrogen-bond acceptors (Lipinski definition) is 8. The topological polar surface area (TPSA) is 105 Å². The average molecular weight is 485 g/mol. The van der Waals surface area contributed by atoms with E-state index in [0.29, 0.717) is 35.8 Å². The third-order valence-corrected chi connectivity index (χ3v) is 7.17. The number of rotatable bonds is 8. The van der Waals surface area contributed by atoms with Gasteiger partial charge in [-0.25, -0.2) is 4.90 Å². The lowest BCUT2D eigenvalue weighted by atomic mass is 9.78. The van der Waals surface area contributed by atoms with Gasteiger partial charge in [0, 0.05) is 6.04 Å². The number of phenolic OH excluding ortho intramolecular Hbond substituents is 1. The molecule has 180 valence electrons. The van der Waals surface area contributed by atoms with Crippen molar-refractivity contribution < 1.29 is 29.0 Å². The van der Waals surface area contributed by atoms with E-state index in [2.05, 4.69) is 5.32 Å². The summed E-state index contributed by atoms with van der Waals surface area (Å²) in [6.07, 6.45) is 2.25. The lowest BCUT2D eigenvalue weighted by molar-refractivity contribution is -0.152. The maximum Gasteiger partial charge on any atom is 0.326 e. The van der Waals surface area contributed by atoms with Crippen LogP contribution in [0.2, 0.25) is 0 Å². The number of hydrogen-bond donors (Lipinski definition) is 2. The fourth-order valence-corrected chi connectivity index (χ4v) is 5.57. The Morgan fingerprint density at radius 1 is 1.12 bits per heavy atom. The maximum absolute atomic E-state index is 13.8. The summed E-state index contributed by atoms with van der Waals surface area (Å²) in [6.45, 7) is 2.38. The third kappa shape index (κ3) is 3.92. The van der Waals surface area contributed by atoms with Crippen LogP contribution >= 0.6 is 11.8 Å². The Kier molecular flexibility index (Phi) is 6.86. The van der Waals surface area contributed by atoms with Crippen LogP contribution in [0.4, 0.5) is 5.69 Å². The van der Waals surface area contributed by atoms with E-state index in [1.54, 1.807) is 48.2 Å². The number of anilines is 1. The molecule has 2 saturated heterocycles. The predicted molar refractivity (Wildman–Crippen MR) is 129 cm³/mol. The van der Waals surface area contributed by atoms with E-state index in [1.165, 1.54) is 24.1 Å². The van der Waals surface area contributed by atoms with Gasteiger partial charge in [-0.2, -0.15) is 11.8 Å². The zero-order valence-electron chi connectivity index (χ0n) is 19.3. The van der Waals surface area contributed by atoms with E-state index >= 15 is 0 Å². The number of ether oxygens (including phenoxy) is 2. The normalized spacial score (nSPS) is 26.0. The van der Waals surface area contributed by atoms with Crippen LogP contribution in [0.1, 0.15) is 24.9 Å². The van der Waals surface area contributed by atoms with Gasteiger partial charge in [0.1, 0.15) is 17.0 Å². The van der Waals surface area contributed by atoms with E-state index in [-0.39, 0.29) is 11.7 Å². The van der Waals surface area contributed by atoms with Crippen LogP contribution in [0.3, 0.4) is 0 Å². The molecule has 0 aliphatic carbocycles. The van der Waals surface area contributed by atoms with Gasteiger partial charge in [-0.3, -0.25) is 19.7 Å². The van der Waals surface area contributed by atoms with Gasteiger partial charge >= 0.3 is 5.97 Å². The molecule has 2 heterocycles. The molecule has 2 N–H and O–H groups in total. The zero-order valence-corrected chi connectivity index (χ0v) is 20.1. The standard InChI is InChI=1S/C25H28N2O6S/c1-4-33-18-11-7-16(8-12-18)27-22(29)19-20(23(27)30)25(13-14-34-3,24(31)32-2)26-21(19)15-5-9-17(28)10-6-15/h5-12,19-21,26,28H,4,13-14H2,1-3H3/t19-,20+,21-,25-/m1/s1. The number of thioether (sulfide) groups is 1. The van der Waals surface area contributed by atoms with Crippen molar-refractivity contribution >= 4 is 35.2 Å². The highest BCUT2D eigenvalue weighted by Crippen LogP contribution is 2.51. The molecule has 0 aromatic heterocycles. The predicted octanol–water partition coefficient (Wildman–Crippen LogP) is 2.91. The van der Waals surface area contributed by atoms with Gasteiger partial charge in [-0.1, -0.05) is 12.1 Å². The zero-order chi connectivity index (χ0) is 24.5. The Labute approximate surface area is 202 Å². The summed E-state index contributed by atoms with van der Waals surface area (Å²) in [6, 6.07) is 12.6. The number of esters is 1. The molecule has 0 saturated carbocycles. The van der Waals surface area contributed by atoms with Crippen molar-refractivity contribution in [1.82, 2.24) is 5.32 Å². The van der Waals surface area contributed by atoms with Crippen molar-refractivity contribution in [3.8, 4) is 11.5 Å². The molecule has 0 spiro atoms. The van der Waals surface area contributed by atoms with Crippen molar-refractivity contribution in [3.05, 3.63) is 54.1 Å². The summed E-state index contributed by atoms with van der Waals surface area (Å²) < 4.78 is 10.6. The first kappa shape index (κ1) is 24.1. The highest BCUT2D eigenvalue weighted by molar-refractivity contribution is 7.98. The Bertz CT molecular complexity index is 1070. The molecule has 0 radical (unpaired) electrons. The second kappa shape index (κ2) is 9.68. The largest absolute Gasteiger partial charge is 0.508 e. The number of aromatic hydroxyl groups is 1. The Balaban J connectivity index is 1.80. The van der Waals surface area contributed by atoms with Crippen molar-refractivity contribution in [2.75, 3.05) is 30.6 Å². The number of nitrogens with zero attached hydrogens (tertiary/aromatic N) is 1. The summed E-state index contributed by atoms with van der Waals surface area (Å²) in [5, 5.41) is 13.1. The average Bonchev–Trinajstić information content (AvgIpc) is 3.32. The number of methoxy groups -OCH3 is 1. The van der Waals surface area contributed by atoms with Crippen molar-refractivity contribution in [3.63, 3.8) is 0 Å². The number of amides is 2. The highest BCUT2D eigenvalue weighted by atomic mass is 32.2. The van der Waals surface area contributed by atoms with Crippen molar-refractivity contribution in [1.29, 1.82) is 0 Å². The van der Waals surface area contributed by atoms with Crippen molar-refractivity contribution in [2.45, 2.75) is 24.9 Å². The van der Waals surface area contributed by atoms with Crippen LogP contribution in [0.25, 0.3) is 0 Å². The monoisotopic (exact) mass is 484 g/mol. The van der Waals surface area contributed by atoms with E-state index in [0.717, 1.165) is 0 Å². The smallest absolute Gasteiger partial charge is 0.326 e. The fourth-order valence-electron chi connectivity index (χ4n) is 5.05.